The van der Waals surface area contributed by atoms with Crippen LogP contribution in [0.4, 0.5) is 0 Å². The molecule has 3 nitrogen and oxygen atoms in total. The molecule has 84 valence electrons. The fourth-order valence-corrected chi connectivity index (χ4v) is 1.71. The zero-order chi connectivity index (χ0) is 11.3. The molecule has 0 amide bonds. The molecule has 0 fully saturated rings. The van der Waals surface area contributed by atoms with E-state index in [0.717, 1.165) is 23.4 Å². The molecule has 15 heavy (non-hydrogen) atoms. The summed E-state index contributed by atoms with van der Waals surface area (Å²) in [4.78, 5) is 0. The summed E-state index contributed by atoms with van der Waals surface area (Å²) in [6.45, 7) is 2.81. The summed E-state index contributed by atoms with van der Waals surface area (Å²) in [5, 5.41) is 3.11. The van der Waals surface area contributed by atoms with E-state index >= 15 is 0 Å². The lowest BCUT2D eigenvalue weighted by Gasteiger charge is -2.19. The van der Waals surface area contributed by atoms with Crippen LogP contribution in [-0.4, -0.2) is 27.8 Å². The van der Waals surface area contributed by atoms with Gasteiger partial charge in [0.2, 0.25) is 0 Å². The first kappa shape index (κ1) is 12.0. The first-order valence-corrected chi connectivity index (χ1v) is 5.05. The minimum atomic E-state index is 0.0323. The van der Waals surface area contributed by atoms with Gasteiger partial charge < -0.3 is 14.8 Å². The first-order valence-electron chi connectivity index (χ1n) is 5.05. The molecule has 0 saturated carbocycles. The molecule has 1 aromatic carbocycles. The number of likely N-dealkylation sites (N-methyl/N-ethyl adjacent to an activating group) is 1. The monoisotopic (exact) mass is 209 g/mol. The Bertz CT molecular complexity index is 312. The van der Waals surface area contributed by atoms with Gasteiger partial charge in [0.15, 0.2) is 0 Å². The van der Waals surface area contributed by atoms with Gasteiger partial charge in [-0.25, -0.2) is 0 Å². The van der Waals surface area contributed by atoms with Gasteiger partial charge >= 0.3 is 0 Å². The van der Waals surface area contributed by atoms with Crippen molar-refractivity contribution in [3.05, 3.63) is 29.3 Å². The molecular weight excluding hydrogens is 190 g/mol. The second-order valence-electron chi connectivity index (χ2n) is 3.48. The highest BCUT2D eigenvalue weighted by atomic mass is 16.5. The maximum atomic E-state index is 5.43. The van der Waals surface area contributed by atoms with Crippen molar-refractivity contribution in [2.24, 2.45) is 0 Å². The van der Waals surface area contributed by atoms with Crippen molar-refractivity contribution in [2.45, 2.75) is 13.0 Å². The molecule has 0 saturated heterocycles. The van der Waals surface area contributed by atoms with Gasteiger partial charge in [-0.3, -0.25) is 0 Å². The quantitative estimate of drug-likeness (QED) is 0.803. The maximum absolute atomic E-state index is 5.43. The summed E-state index contributed by atoms with van der Waals surface area (Å²) >= 11 is 0. The van der Waals surface area contributed by atoms with Crippen LogP contribution < -0.4 is 10.1 Å². The molecule has 0 spiro atoms. The highest BCUT2D eigenvalue weighted by Crippen LogP contribution is 2.29. The zero-order valence-electron chi connectivity index (χ0n) is 9.83. The van der Waals surface area contributed by atoms with Crippen molar-refractivity contribution in [2.75, 3.05) is 27.8 Å². The Hall–Kier alpha value is -1.06. The lowest BCUT2D eigenvalue weighted by Crippen LogP contribution is -2.19. The first-order chi connectivity index (χ1) is 7.24. The van der Waals surface area contributed by atoms with E-state index in [1.54, 1.807) is 14.2 Å². The van der Waals surface area contributed by atoms with Gasteiger partial charge in [-0.1, -0.05) is 18.2 Å². The van der Waals surface area contributed by atoms with E-state index in [-0.39, 0.29) is 6.10 Å². The SMILES string of the molecule is CNCC(OC)c1cccc(C)c1OC. The fourth-order valence-electron chi connectivity index (χ4n) is 1.71. The molecule has 0 heterocycles. The molecule has 0 aliphatic carbocycles. The number of hydrogen-bond acceptors (Lipinski definition) is 3. The predicted octanol–water partition coefficient (Wildman–Crippen LogP) is 1.91. The topological polar surface area (TPSA) is 30.5 Å². The average molecular weight is 209 g/mol. The number of para-hydroxylation sites is 1. The molecule has 3 heteroatoms. The number of methoxy groups -OCH3 is 2. The molecule has 1 rings (SSSR count). The van der Waals surface area contributed by atoms with Gasteiger partial charge in [-0.15, -0.1) is 0 Å². The zero-order valence-corrected chi connectivity index (χ0v) is 9.83. The summed E-state index contributed by atoms with van der Waals surface area (Å²) in [7, 11) is 5.32. The third kappa shape index (κ3) is 2.70. The molecule has 0 bridgehead atoms. The summed E-state index contributed by atoms with van der Waals surface area (Å²) in [6, 6.07) is 6.10. The van der Waals surface area contributed by atoms with Crippen LogP contribution in [0.5, 0.6) is 5.75 Å². The number of ether oxygens (including phenoxy) is 2. The summed E-state index contributed by atoms with van der Waals surface area (Å²) < 4.78 is 10.8. The molecule has 1 N–H and O–H groups in total. The number of nitrogens with one attached hydrogen (secondary N) is 1. The minimum absolute atomic E-state index is 0.0323. The van der Waals surface area contributed by atoms with E-state index in [1.807, 2.05) is 32.2 Å². The smallest absolute Gasteiger partial charge is 0.127 e. The summed E-state index contributed by atoms with van der Waals surface area (Å²) in [6.07, 6.45) is 0.0323. The lowest BCUT2D eigenvalue weighted by atomic mass is 10.0. The third-order valence-corrected chi connectivity index (χ3v) is 2.47. The van der Waals surface area contributed by atoms with Gasteiger partial charge in [-0.2, -0.15) is 0 Å². The van der Waals surface area contributed by atoms with Gasteiger partial charge in [0, 0.05) is 19.2 Å². The highest BCUT2D eigenvalue weighted by Gasteiger charge is 2.15. The number of hydrogen-bond donors (Lipinski definition) is 1. The van der Waals surface area contributed by atoms with E-state index in [2.05, 4.69) is 5.32 Å². The van der Waals surface area contributed by atoms with Gasteiger partial charge in [0.1, 0.15) is 5.75 Å². The van der Waals surface area contributed by atoms with Crippen molar-refractivity contribution in [3.63, 3.8) is 0 Å². The third-order valence-electron chi connectivity index (χ3n) is 2.47. The largest absolute Gasteiger partial charge is 0.496 e. The second-order valence-corrected chi connectivity index (χ2v) is 3.48. The highest BCUT2D eigenvalue weighted by molar-refractivity contribution is 5.42. The van der Waals surface area contributed by atoms with Gasteiger partial charge in [-0.05, 0) is 19.5 Å². The van der Waals surface area contributed by atoms with Gasteiger partial charge in [0.05, 0.1) is 13.2 Å². The Morgan fingerprint density at radius 2 is 2.07 bits per heavy atom. The maximum Gasteiger partial charge on any atom is 0.127 e. The van der Waals surface area contributed by atoms with Crippen LogP contribution in [0.15, 0.2) is 18.2 Å². The van der Waals surface area contributed by atoms with E-state index < -0.39 is 0 Å². The predicted molar refractivity (Wildman–Crippen MR) is 61.4 cm³/mol. The molecule has 1 aromatic rings. The molecular formula is C12H19NO2. The van der Waals surface area contributed by atoms with Crippen LogP contribution in [0.3, 0.4) is 0 Å². The van der Waals surface area contributed by atoms with Crippen molar-refractivity contribution < 1.29 is 9.47 Å². The average Bonchev–Trinajstić information content (AvgIpc) is 2.25. The van der Waals surface area contributed by atoms with Crippen molar-refractivity contribution in [3.8, 4) is 5.75 Å². The van der Waals surface area contributed by atoms with Gasteiger partial charge in [0.25, 0.3) is 0 Å². The van der Waals surface area contributed by atoms with E-state index in [1.165, 1.54) is 0 Å². The van der Waals surface area contributed by atoms with Crippen molar-refractivity contribution in [1.82, 2.24) is 5.32 Å². The molecule has 0 radical (unpaired) electrons. The van der Waals surface area contributed by atoms with Crippen molar-refractivity contribution >= 4 is 0 Å². The Balaban J connectivity index is 3.04. The standard InChI is InChI=1S/C12H19NO2/c1-9-6-5-7-10(12(9)15-4)11(14-3)8-13-2/h5-7,11,13H,8H2,1-4H3. The number of rotatable bonds is 5. The van der Waals surface area contributed by atoms with Crippen LogP contribution in [0, 0.1) is 6.92 Å². The molecule has 1 atom stereocenters. The van der Waals surface area contributed by atoms with Crippen LogP contribution in [0.1, 0.15) is 17.2 Å². The minimum Gasteiger partial charge on any atom is -0.496 e. The fraction of sp³-hybridized carbons (Fsp3) is 0.500. The van der Waals surface area contributed by atoms with E-state index in [9.17, 15) is 0 Å². The molecule has 0 aromatic heterocycles. The van der Waals surface area contributed by atoms with Crippen molar-refractivity contribution in [1.29, 1.82) is 0 Å². The molecule has 0 aliphatic heterocycles. The van der Waals surface area contributed by atoms with E-state index in [4.69, 9.17) is 9.47 Å². The Labute approximate surface area is 91.4 Å². The Morgan fingerprint density at radius 3 is 2.60 bits per heavy atom. The van der Waals surface area contributed by atoms with Crippen LogP contribution in [0.25, 0.3) is 0 Å². The van der Waals surface area contributed by atoms with Crippen LogP contribution >= 0.6 is 0 Å². The Morgan fingerprint density at radius 1 is 1.33 bits per heavy atom. The number of benzene rings is 1. The molecule has 1 unspecified atom stereocenters. The van der Waals surface area contributed by atoms with Crippen LogP contribution in [-0.2, 0) is 4.74 Å². The van der Waals surface area contributed by atoms with Crippen LogP contribution in [0.2, 0.25) is 0 Å². The normalized spacial score (nSPS) is 12.5. The lowest BCUT2D eigenvalue weighted by molar-refractivity contribution is 0.102. The molecule has 0 aliphatic rings. The Kier molecular flexibility index (Phi) is 4.59. The summed E-state index contributed by atoms with van der Waals surface area (Å²) in [5.41, 5.74) is 2.22. The van der Waals surface area contributed by atoms with E-state index in [0.29, 0.717) is 0 Å². The second kappa shape index (κ2) is 5.73. The number of aryl methyl sites for hydroxylation is 1. The summed E-state index contributed by atoms with van der Waals surface area (Å²) in [5.74, 6) is 0.916.